The molecule has 0 bridgehead atoms. The van der Waals surface area contributed by atoms with Gasteiger partial charge in [0.15, 0.2) is 5.78 Å². The maximum Gasteiger partial charge on any atom is 0.414 e. The predicted molar refractivity (Wildman–Crippen MR) is 97.6 cm³/mol. The fourth-order valence-corrected chi connectivity index (χ4v) is 3.09. The number of nitrogens with zero attached hydrogens (tertiary/aromatic N) is 1. The zero-order valence-electron chi connectivity index (χ0n) is 15.0. The number of aromatic nitrogens is 1. The summed E-state index contributed by atoms with van der Waals surface area (Å²) >= 11 is 0. The van der Waals surface area contributed by atoms with Crippen LogP contribution in [0.5, 0.6) is 0 Å². The highest BCUT2D eigenvalue weighted by Crippen LogP contribution is 2.39. The van der Waals surface area contributed by atoms with Gasteiger partial charge in [0.05, 0.1) is 22.5 Å². The Bertz CT molecular complexity index is 862. The van der Waals surface area contributed by atoms with Gasteiger partial charge in [-0.25, -0.2) is 9.59 Å². The molecule has 0 saturated carbocycles. The second-order valence-corrected chi connectivity index (χ2v) is 6.91. The molecule has 7 nitrogen and oxygen atoms in total. The Balaban J connectivity index is 0.000000352. The summed E-state index contributed by atoms with van der Waals surface area (Å²) in [7, 11) is 0. The van der Waals surface area contributed by atoms with E-state index in [1.54, 1.807) is 0 Å². The minimum Gasteiger partial charge on any atom is -0.473 e. The second kappa shape index (κ2) is 7.51. The Morgan fingerprint density at radius 3 is 2.35 bits per heavy atom. The number of carboxylic acid groups (broad SMARTS) is 2. The summed E-state index contributed by atoms with van der Waals surface area (Å²) in [6.45, 7) is 7.13. The SMILES string of the molecule is CCNc1c2c(nc3ccccc13)CC(C)(C)CC2=O.O=C(O)C(=O)O. The number of ketones is 1. The number of aliphatic carboxylic acids is 2. The predicted octanol–water partition coefficient (Wildman–Crippen LogP) is 2.98. The summed E-state index contributed by atoms with van der Waals surface area (Å²) in [5.41, 5.74) is 3.69. The van der Waals surface area contributed by atoms with Crippen molar-refractivity contribution in [3.63, 3.8) is 0 Å². The molecule has 3 rings (SSSR count). The molecule has 1 aromatic carbocycles. The van der Waals surface area contributed by atoms with Crippen molar-refractivity contribution in [1.82, 2.24) is 4.98 Å². The van der Waals surface area contributed by atoms with Gasteiger partial charge in [0.25, 0.3) is 0 Å². The van der Waals surface area contributed by atoms with Crippen LogP contribution in [0.15, 0.2) is 24.3 Å². The van der Waals surface area contributed by atoms with E-state index in [4.69, 9.17) is 24.8 Å². The third-order valence-corrected chi connectivity index (χ3v) is 4.07. The minimum absolute atomic E-state index is 0.00300. The summed E-state index contributed by atoms with van der Waals surface area (Å²) < 4.78 is 0. The van der Waals surface area contributed by atoms with Gasteiger partial charge in [-0.15, -0.1) is 0 Å². The van der Waals surface area contributed by atoms with Crippen molar-refractivity contribution in [2.45, 2.75) is 33.6 Å². The van der Waals surface area contributed by atoms with Gasteiger partial charge in [0.2, 0.25) is 0 Å². The van der Waals surface area contributed by atoms with Crippen molar-refractivity contribution in [3.05, 3.63) is 35.5 Å². The lowest BCUT2D eigenvalue weighted by Crippen LogP contribution is -2.29. The molecule has 0 amide bonds. The van der Waals surface area contributed by atoms with Crippen LogP contribution in [0.25, 0.3) is 10.9 Å². The average Bonchev–Trinajstić information content (AvgIpc) is 2.53. The zero-order valence-corrected chi connectivity index (χ0v) is 15.0. The van der Waals surface area contributed by atoms with Crippen molar-refractivity contribution in [2.24, 2.45) is 5.41 Å². The summed E-state index contributed by atoms with van der Waals surface area (Å²) in [6, 6.07) is 8.04. The first kappa shape index (κ1) is 19.4. The molecule has 0 unspecified atom stereocenters. The molecule has 0 radical (unpaired) electrons. The smallest absolute Gasteiger partial charge is 0.414 e. The van der Waals surface area contributed by atoms with Gasteiger partial charge < -0.3 is 15.5 Å². The molecule has 0 atom stereocenters. The van der Waals surface area contributed by atoms with Gasteiger partial charge in [0.1, 0.15) is 0 Å². The molecule has 0 fully saturated rings. The molecule has 3 N–H and O–H groups in total. The van der Waals surface area contributed by atoms with Crippen molar-refractivity contribution >= 4 is 34.3 Å². The van der Waals surface area contributed by atoms with Gasteiger partial charge in [-0.1, -0.05) is 32.0 Å². The van der Waals surface area contributed by atoms with Gasteiger partial charge in [-0.3, -0.25) is 9.78 Å². The van der Waals surface area contributed by atoms with Gasteiger partial charge in [-0.2, -0.15) is 0 Å². The van der Waals surface area contributed by atoms with Gasteiger partial charge in [-0.05, 0) is 24.8 Å². The van der Waals surface area contributed by atoms with E-state index < -0.39 is 11.9 Å². The number of pyridine rings is 1. The van der Waals surface area contributed by atoms with E-state index in [1.807, 2.05) is 24.3 Å². The third-order valence-electron chi connectivity index (χ3n) is 4.07. The molecule has 0 spiro atoms. The van der Waals surface area contributed by atoms with Crippen LogP contribution in [0, 0.1) is 5.41 Å². The van der Waals surface area contributed by atoms with Crippen molar-refractivity contribution in [3.8, 4) is 0 Å². The second-order valence-electron chi connectivity index (χ2n) is 6.91. The van der Waals surface area contributed by atoms with Crippen LogP contribution in [0.1, 0.15) is 43.2 Å². The summed E-state index contributed by atoms with van der Waals surface area (Å²) in [5.74, 6) is -3.43. The zero-order chi connectivity index (χ0) is 19.5. The maximum atomic E-state index is 12.6. The largest absolute Gasteiger partial charge is 0.473 e. The summed E-state index contributed by atoms with van der Waals surface area (Å²) in [5, 5.41) is 19.2. The molecule has 1 aliphatic carbocycles. The molecular formula is C19H22N2O5. The number of carboxylic acids is 2. The van der Waals surface area contributed by atoms with E-state index in [-0.39, 0.29) is 11.2 Å². The van der Waals surface area contributed by atoms with Crippen LogP contribution in [0.2, 0.25) is 0 Å². The first-order valence-corrected chi connectivity index (χ1v) is 8.31. The highest BCUT2D eigenvalue weighted by Gasteiger charge is 2.34. The van der Waals surface area contributed by atoms with Crippen LogP contribution >= 0.6 is 0 Å². The minimum atomic E-state index is -1.82. The van der Waals surface area contributed by atoms with E-state index in [1.165, 1.54) is 0 Å². The highest BCUT2D eigenvalue weighted by molar-refractivity contribution is 6.27. The number of hydrogen-bond donors (Lipinski definition) is 3. The van der Waals surface area contributed by atoms with E-state index in [2.05, 4.69) is 26.1 Å². The molecule has 1 heterocycles. The number of fused-ring (bicyclic) bond motifs is 2. The molecule has 1 aliphatic rings. The first-order chi connectivity index (χ1) is 12.2. The number of anilines is 1. The summed E-state index contributed by atoms with van der Waals surface area (Å²) in [4.78, 5) is 35.5. The normalized spacial score (nSPS) is 14.8. The van der Waals surface area contributed by atoms with Crippen LogP contribution < -0.4 is 5.32 Å². The van der Waals surface area contributed by atoms with E-state index in [0.29, 0.717) is 6.42 Å². The lowest BCUT2D eigenvalue weighted by Gasteiger charge is -2.31. The van der Waals surface area contributed by atoms with E-state index in [0.717, 1.165) is 40.8 Å². The number of rotatable bonds is 2. The van der Waals surface area contributed by atoms with Crippen molar-refractivity contribution in [2.75, 3.05) is 11.9 Å². The Morgan fingerprint density at radius 1 is 1.15 bits per heavy atom. The Morgan fingerprint density at radius 2 is 1.77 bits per heavy atom. The Hall–Kier alpha value is -2.96. The lowest BCUT2D eigenvalue weighted by atomic mass is 9.75. The maximum absolute atomic E-state index is 12.6. The Kier molecular flexibility index (Phi) is 5.59. The molecule has 0 aliphatic heterocycles. The van der Waals surface area contributed by atoms with Crippen molar-refractivity contribution < 1.29 is 24.6 Å². The van der Waals surface area contributed by atoms with Crippen LogP contribution in [-0.4, -0.2) is 39.5 Å². The standard InChI is InChI=1S/C17H20N2O.C2H2O4/c1-4-18-16-11-7-5-6-8-12(11)19-13-9-17(2,3)10-14(20)15(13)16;3-1(4)2(5)6/h5-8H,4,9-10H2,1-3H3,(H,18,19);(H,3,4)(H,5,6). The molecule has 2 aromatic rings. The number of Topliss-reactive ketones (excluding diaryl/α,β-unsaturated/α-hetero) is 1. The molecule has 138 valence electrons. The number of carbonyl (C=O) groups is 3. The molecule has 0 saturated heterocycles. The fraction of sp³-hybridized carbons (Fsp3) is 0.368. The number of para-hydroxylation sites is 1. The fourth-order valence-electron chi connectivity index (χ4n) is 3.09. The number of nitrogens with one attached hydrogen (secondary N) is 1. The van der Waals surface area contributed by atoms with Crippen LogP contribution in [0.4, 0.5) is 5.69 Å². The number of hydrogen-bond acceptors (Lipinski definition) is 5. The average molecular weight is 358 g/mol. The van der Waals surface area contributed by atoms with E-state index in [9.17, 15) is 4.79 Å². The quantitative estimate of drug-likeness (QED) is 0.707. The lowest BCUT2D eigenvalue weighted by molar-refractivity contribution is -0.159. The number of benzene rings is 1. The Labute approximate surface area is 151 Å². The molecule has 1 aromatic heterocycles. The van der Waals surface area contributed by atoms with Gasteiger partial charge >= 0.3 is 11.9 Å². The topological polar surface area (TPSA) is 117 Å². The molecule has 26 heavy (non-hydrogen) atoms. The van der Waals surface area contributed by atoms with Gasteiger partial charge in [0, 0.05) is 18.4 Å². The van der Waals surface area contributed by atoms with E-state index >= 15 is 0 Å². The molecule has 7 heteroatoms. The first-order valence-electron chi connectivity index (χ1n) is 8.31. The summed E-state index contributed by atoms with van der Waals surface area (Å²) in [6.07, 6.45) is 1.45. The van der Waals surface area contributed by atoms with Crippen molar-refractivity contribution in [1.29, 1.82) is 0 Å². The highest BCUT2D eigenvalue weighted by atomic mass is 16.4. The third kappa shape index (κ3) is 4.17. The monoisotopic (exact) mass is 358 g/mol. The number of carbonyl (C=O) groups excluding carboxylic acids is 1. The van der Waals surface area contributed by atoms with Crippen LogP contribution in [0.3, 0.4) is 0 Å². The van der Waals surface area contributed by atoms with Crippen LogP contribution in [-0.2, 0) is 16.0 Å². The molecular weight excluding hydrogens is 336 g/mol.